The van der Waals surface area contributed by atoms with Gasteiger partial charge in [-0.3, -0.25) is 0 Å². The average molecular weight is 307 g/mol. The highest BCUT2D eigenvalue weighted by Crippen LogP contribution is 2.45. The number of nitrogens with one attached hydrogen (secondary N) is 1. The summed E-state index contributed by atoms with van der Waals surface area (Å²) in [7, 11) is 0. The Morgan fingerprint density at radius 1 is 1.48 bits per heavy atom. The number of fused-ring (bicyclic) bond motifs is 2. The van der Waals surface area contributed by atoms with Gasteiger partial charge in [0.25, 0.3) is 0 Å². The van der Waals surface area contributed by atoms with E-state index in [1.165, 1.54) is 37.4 Å². The molecular weight excluding hydrogens is 286 g/mol. The molecule has 1 N–H and O–H groups in total. The summed E-state index contributed by atoms with van der Waals surface area (Å²) in [4.78, 5) is 20.7. The number of aromatic nitrogens is 2. The molecule has 0 spiro atoms. The van der Waals surface area contributed by atoms with Gasteiger partial charge in [0, 0.05) is 12.2 Å². The molecule has 21 heavy (non-hydrogen) atoms. The van der Waals surface area contributed by atoms with Crippen LogP contribution in [0.5, 0.6) is 0 Å². The van der Waals surface area contributed by atoms with Crippen molar-refractivity contribution in [3.8, 4) is 0 Å². The first-order valence-corrected chi connectivity index (χ1v) is 8.78. The van der Waals surface area contributed by atoms with E-state index in [-0.39, 0.29) is 5.97 Å². The Morgan fingerprint density at radius 3 is 2.95 bits per heavy atom. The number of hydrogen-bond acceptors (Lipinski definition) is 6. The number of carbonyl (C=O) groups excluding carboxylic acids is 1. The fourth-order valence-corrected chi connectivity index (χ4v) is 3.87. The van der Waals surface area contributed by atoms with Gasteiger partial charge in [-0.25, -0.2) is 14.8 Å². The summed E-state index contributed by atoms with van der Waals surface area (Å²) < 4.78 is 5.10. The third-order valence-electron chi connectivity index (χ3n) is 4.50. The van der Waals surface area contributed by atoms with E-state index >= 15 is 0 Å². The van der Waals surface area contributed by atoms with Crippen LogP contribution in [0.1, 0.15) is 43.0 Å². The Labute approximate surface area is 129 Å². The third kappa shape index (κ3) is 3.00. The summed E-state index contributed by atoms with van der Waals surface area (Å²) in [6, 6.07) is 0.432. The number of anilines is 1. The summed E-state index contributed by atoms with van der Waals surface area (Å²) in [5, 5.41) is 4.16. The number of thioether (sulfide) groups is 1. The van der Waals surface area contributed by atoms with Gasteiger partial charge in [0.05, 0.1) is 6.61 Å². The molecule has 6 heteroatoms. The van der Waals surface area contributed by atoms with Crippen LogP contribution in [0.2, 0.25) is 0 Å². The highest BCUT2D eigenvalue weighted by Gasteiger charge is 2.40. The van der Waals surface area contributed by atoms with Gasteiger partial charge in [-0.15, -0.1) is 0 Å². The van der Waals surface area contributed by atoms with Crippen molar-refractivity contribution < 1.29 is 9.53 Å². The van der Waals surface area contributed by atoms with Crippen LogP contribution in [-0.4, -0.2) is 34.8 Å². The van der Waals surface area contributed by atoms with E-state index in [1.54, 1.807) is 13.1 Å². The Bertz CT molecular complexity index is 538. The van der Waals surface area contributed by atoms with Crippen LogP contribution in [0, 0.1) is 11.8 Å². The zero-order valence-electron chi connectivity index (χ0n) is 12.5. The molecule has 3 atom stereocenters. The zero-order chi connectivity index (χ0) is 14.8. The normalized spacial score (nSPS) is 26.9. The molecule has 1 aromatic heterocycles. The summed E-state index contributed by atoms with van der Waals surface area (Å²) >= 11 is 1.48. The van der Waals surface area contributed by atoms with Crippen molar-refractivity contribution in [2.24, 2.45) is 11.8 Å². The summed E-state index contributed by atoms with van der Waals surface area (Å²) in [5.41, 5.74) is 0.442. The van der Waals surface area contributed by atoms with Gasteiger partial charge in [0.1, 0.15) is 11.4 Å². The van der Waals surface area contributed by atoms with Crippen LogP contribution in [0.4, 0.5) is 5.82 Å². The van der Waals surface area contributed by atoms with Gasteiger partial charge in [-0.05, 0) is 44.3 Å². The standard InChI is InChI=1S/C15H21N3O2S/c1-3-20-14(19)11-8-16-15(21-2)18-13(11)17-12-7-9-4-5-10(12)6-9/h8-10,12H,3-7H2,1-2H3,(H,16,17,18)/t9-,10+,12?/m0/s1. The molecule has 0 radical (unpaired) electrons. The van der Waals surface area contributed by atoms with Crippen molar-refractivity contribution >= 4 is 23.5 Å². The van der Waals surface area contributed by atoms with Gasteiger partial charge in [0.15, 0.2) is 5.16 Å². The predicted molar refractivity (Wildman–Crippen MR) is 82.6 cm³/mol. The quantitative estimate of drug-likeness (QED) is 0.512. The molecule has 2 fully saturated rings. The monoisotopic (exact) mass is 307 g/mol. The largest absolute Gasteiger partial charge is 0.462 e. The summed E-state index contributed by atoms with van der Waals surface area (Å²) in [6.45, 7) is 2.16. The Hall–Kier alpha value is -1.30. The van der Waals surface area contributed by atoms with Crippen LogP contribution < -0.4 is 5.32 Å². The fourth-order valence-electron chi connectivity index (χ4n) is 3.53. The first kappa shape index (κ1) is 14.6. The van der Waals surface area contributed by atoms with E-state index in [0.29, 0.717) is 29.2 Å². The molecule has 5 nitrogen and oxygen atoms in total. The van der Waals surface area contributed by atoms with Crippen molar-refractivity contribution in [3.05, 3.63) is 11.8 Å². The molecule has 0 aliphatic heterocycles. The molecule has 3 rings (SSSR count). The molecule has 2 bridgehead atoms. The van der Waals surface area contributed by atoms with Crippen LogP contribution in [0.3, 0.4) is 0 Å². The summed E-state index contributed by atoms with van der Waals surface area (Å²) in [5.74, 6) is 1.85. The van der Waals surface area contributed by atoms with Crippen molar-refractivity contribution in [1.29, 1.82) is 0 Å². The molecule has 2 aliphatic rings. The Balaban J connectivity index is 1.82. The predicted octanol–water partition coefficient (Wildman–Crippen LogP) is 2.98. The highest BCUT2D eigenvalue weighted by molar-refractivity contribution is 7.98. The molecular formula is C15H21N3O2S. The highest BCUT2D eigenvalue weighted by atomic mass is 32.2. The maximum atomic E-state index is 12.0. The molecule has 1 aromatic rings. The van der Waals surface area contributed by atoms with E-state index in [9.17, 15) is 4.79 Å². The van der Waals surface area contributed by atoms with Crippen LogP contribution >= 0.6 is 11.8 Å². The van der Waals surface area contributed by atoms with Gasteiger partial charge >= 0.3 is 5.97 Å². The van der Waals surface area contributed by atoms with Gasteiger partial charge in [0.2, 0.25) is 0 Å². The summed E-state index contributed by atoms with van der Waals surface area (Å²) in [6.07, 6.45) is 8.65. The molecule has 0 aromatic carbocycles. The molecule has 114 valence electrons. The van der Waals surface area contributed by atoms with E-state index in [4.69, 9.17) is 4.74 Å². The van der Waals surface area contributed by atoms with Gasteiger partial charge in [-0.2, -0.15) is 0 Å². The second kappa shape index (κ2) is 6.22. The maximum Gasteiger partial charge on any atom is 0.343 e. The Morgan fingerprint density at radius 2 is 2.33 bits per heavy atom. The number of hydrogen-bond donors (Lipinski definition) is 1. The van der Waals surface area contributed by atoms with Crippen LogP contribution in [-0.2, 0) is 4.74 Å². The van der Waals surface area contributed by atoms with Crippen molar-refractivity contribution in [2.45, 2.75) is 43.8 Å². The lowest BCUT2D eigenvalue weighted by Crippen LogP contribution is -2.28. The van der Waals surface area contributed by atoms with E-state index < -0.39 is 0 Å². The number of esters is 1. The third-order valence-corrected chi connectivity index (χ3v) is 5.07. The van der Waals surface area contributed by atoms with Crippen molar-refractivity contribution in [2.75, 3.05) is 18.2 Å². The molecule has 2 aliphatic carbocycles. The molecule has 0 amide bonds. The second-order valence-electron chi connectivity index (χ2n) is 5.77. The first-order valence-electron chi connectivity index (χ1n) is 7.56. The van der Waals surface area contributed by atoms with Gasteiger partial charge in [-0.1, -0.05) is 18.2 Å². The average Bonchev–Trinajstić information content (AvgIpc) is 3.10. The smallest absolute Gasteiger partial charge is 0.343 e. The number of ether oxygens (including phenoxy) is 1. The second-order valence-corrected chi connectivity index (χ2v) is 6.54. The fraction of sp³-hybridized carbons (Fsp3) is 0.667. The Kier molecular flexibility index (Phi) is 4.33. The van der Waals surface area contributed by atoms with E-state index in [1.807, 2.05) is 6.26 Å². The number of nitrogens with zero attached hydrogens (tertiary/aromatic N) is 2. The van der Waals surface area contributed by atoms with Crippen LogP contribution in [0.15, 0.2) is 11.4 Å². The lowest BCUT2D eigenvalue weighted by atomic mass is 9.95. The number of rotatable bonds is 5. The molecule has 1 unspecified atom stereocenters. The maximum absolute atomic E-state index is 12.0. The molecule has 1 heterocycles. The molecule has 2 saturated carbocycles. The molecule has 0 saturated heterocycles. The lowest BCUT2D eigenvalue weighted by Gasteiger charge is -2.24. The minimum Gasteiger partial charge on any atom is -0.462 e. The number of carbonyl (C=O) groups is 1. The van der Waals surface area contributed by atoms with Crippen LogP contribution in [0.25, 0.3) is 0 Å². The zero-order valence-corrected chi connectivity index (χ0v) is 13.3. The minimum atomic E-state index is -0.351. The minimum absolute atomic E-state index is 0.351. The van der Waals surface area contributed by atoms with E-state index in [2.05, 4.69) is 15.3 Å². The van der Waals surface area contributed by atoms with Crippen molar-refractivity contribution in [1.82, 2.24) is 9.97 Å². The topological polar surface area (TPSA) is 64.1 Å². The lowest BCUT2D eigenvalue weighted by molar-refractivity contribution is 0.0526. The van der Waals surface area contributed by atoms with Crippen molar-refractivity contribution in [3.63, 3.8) is 0 Å². The van der Waals surface area contributed by atoms with Gasteiger partial charge < -0.3 is 10.1 Å². The first-order chi connectivity index (χ1) is 10.2. The van der Waals surface area contributed by atoms with E-state index in [0.717, 1.165) is 11.8 Å². The SMILES string of the molecule is CCOC(=O)c1cnc(SC)nc1NC1C[C@H]2CC[C@@H]1C2.